The zero-order chi connectivity index (χ0) is 23.8. The Bertz CT molecular complexity index is 1280. The summed E-state index contributed by atoms with van der Waals surface area (Å²) in [4.78, 5) is 12.3. The Morgan fingerprint density at radius 1 is 0.912 bits per heavy atom. The first-order chi connectivity index (χ1) is 16.7. The van der Waals surface area contributed by atoms with Crippen molar-refractivity contribution in [3.05, 3.63) is 95.8 Å². The van der Waals surface area contributed by atoms with Gasteiger partial charge in [-0.2, -0.15) is 0 Å². The molecule has 0 unspecified atom stereocenters. The van der Waals surface area contributed by atoms with Gasteiger partial charge in [-0.05, 0) is 54.0 Å². The standard InChI is InChI=1S/C28H27NO5/c1-31-24-12-9-22(28-23(24)15-17-33-28)10-13-27(30)29-16-14-20-8-11-25(32-2)26(18-20)34-19-21-6-4-3-5-7-21/h3-13,15,17-18H,14,16,19H2,1-2H3,(H,29,30)/b13-10+. The van der Waals surface area contributed by atoms with Crippen molar-refractivity contribution in [3.8, 4) is 17.2 Å². The molecule has 4 rings (SSSR count). The molecule has 0 saturated carbocycles. The van der Waals surface area contributed by atoms with Crippen molar-refractivity contribution in [1.82, 2.24) is 5.32 Å². The lowest BCUT2D eigenvalue weighted by atomic mass is 10.1. The number of nitrogens with one attached hydrogen (secondary N) is 1. The lowest BCUT2D eigenvalue weighted by Gasteiger charge is -2.12. The summed E-state index contributed by atoms with van der Waals surface area (Å²) in [5.41, 5.74) is 3.62. The number of benzene rings is 3. The maximum atomic E-state index is 12.3. The van der Waals surface area contributed by atoms with Crippen LogP contribution in [0.3, 0.4) is 0 Å². The van der Waals surface area contributed by atoms with Gasteiger partial charge in [0.05, 0.1) is 25.9 Å². The summed E-state index contributed by atoms with van der Waals surface area (Å²) in [5, 5.41) is 3.79. The summed E-state index contributed by atoms with van der Waals surface area (Å²) in [5.74, 6) is 1.91. The number of amides is 1. The van der Waals surface area contributed by atoms with E-state index in [9.17, 15) is 4.79 Å². The van der Waals surface area contributed by atoms with Gasteiger partial charge >= 0.3 is 0 Å². The van der Waals surface area contributed by atoms with E-state index in [0.29, 0.717) is 36.7 Å². The van der Waals surface area contributed by atoms with E-state index in [-0.39, 0.29) is 5.91 Å². The second-order valence-corrected chi connectivity index (χ2v) is 7.65. The maximum absolute atomic E-state index is 12.3. The molecule has 0 spiro atoms. The van der Waals surface area contributed by atoms with E-state index in [1.54, 1.807) is 26.6 Å². The highest BCUT2D eigenvalue weighted by atomic mass is 16.5. The summed E-state index contributed by atoms with van der Waals surface area (Å²) in [6.07, 6.45) is 5.52. The number of furan rings is 1. The highest BCUT2D eigenvalue weighted by Gasteiger charge is 2.09. The number of hydrogen-bond acceptors (Lipinski definition) is 5. The van der Waals surface area contributed by atoms with Crippen molar-refractivity contribution < 1.29 is 23.4 Å². The zero-order valence-corrected chi connectivity index (χ0v) is 19.2. The van der Waals surface area contributed by atoms with E-state index in [2.05, 4.69) is 5.32 Å². The average Bonchev–Trinajstić information content (AvgIpc) is 3.37. The van der Waals surface area contributed by atoms with Crippen molar-refractivity contribution in [3.63, 3.8) is 0 Å². The molecular formula is C28H27NO5. The van der Waals surface area contributed by atoms with Crippen LogP contribution in [0.4, 0.5) is 0 Å². The molecule has 4 aromatic rings. The smallest absolute Gasteiger partial charge is 0.244 e. The molecule has 0 saturated heterocycles. The van der Waals surface area contributed by atoms with Gasteiger partial charge in [-0.25, -0.2) is 0 Å². The number of carbonyl (C=O) groups excluding carboxylic acids is 1. The van der Waals surface area contributed by atoms with Crippen LogP contribution in [0, 0.1) is 0 Å². The molecule has 1 N–H and O–H groups in total. The summed E-state index contributed by atoms with van der Waals surface area (Å²) in [7, 11) is 3.24. The van der Waals surface area contributed by atoms with Gasteiger partial charge in [0.1, 0.15) is 17.9 Å². The highest BCUT2D eigenvalue weighted by Crippen LogP contribution is 2.30. The van der Waals surface area contributed by atoms with Gasteiger partial charge in [0.15, 0.2) is 11.5 Å². The van der Waals surface area contributed by atoms with Crippen LogP contribution in [0.2, 0.25) is 0 Å². The van der Waals surface area contributed by atoms with Crippen molar-refractivity contribution in [2.24, 2.45) is 0 Å². The van der Waals surface area contributed by atoms with E-state index in [0.717, 1.165) is 27.8 Å². The first-order valence-corrected chi connectivity index (χ1v) is 11.0. The molecule has 6 nitrogen and oxygen atoms in total. The SMILES string of the molecule is COc1ccc(CCNC(=O)/C=C/c2ccc(OC)c3ccoc23)cc1OCc1ccccc1. The average molecular weight is 458 g/mol. The third-order valence-corrected chi connectivity index (χ3v) is 5.42. The molecule has 174 valence electrons. The molecule has 0 radical (unpaired) electrons. The Morgan fingerprint density at radius 3 is 2.50 bits per heavy atom. The first kappa shape index (κ1) is 23.0. The summed E-state index contributed by atoms with van der Waals surface area (Å²) in [6.45, 7) is 0.947. The number of fused-ring (bicyclic) bond motifs is 1. The molecule has 0 aliphatic rings. The molecule has 1 amide bonds. The molecule has 0 atom stereocenters. The van der Waals surface area contributed by atoms with Crippen LogP contribution in [0.1, 0.15) is 16.7 Å². The predicted molar refractivity (Wildman–Crippen MR) is 132 cm³/mol. The van der Waals surface area contributed by atoms with Gasteiger partial charge in [0.2, 0.25) is 5.91 Å². The highest BCUT2D eigenvalue weighted by molar-refractivity contribution is 5.96. The number of ether oxygens (including phenoxy) is 3. The summed E-state index contributed by atoms with van der Waals surface area (Å²) < 4.78 is 22.3. The summed E-state index contributed by atoms with van der Waals surface area (Å²) in [6, 6.07) is 21.3. The van der Waals surface area contributed by atoms with Gasteiger partial charge < -0.3 is 23.9 Å². The van der Waals surface area contributed by atoms with Crippen molar-refractivity contribution >= 4 is 23.0 Å². The molecule has 6 heteroatoms. The van der Waals surface area contributed by atoms with Gasteiger partial charge in [-0.15, -0.1) is 0 Å². The Hall–Kier alpha value is -4.19. The molecule has 3 aromatic carbocycles. The molecule has 0 fully saturated rings. The van der Waals surface area contributed by atoms with Crippen LogP contribution >= 0.6 is 0 Å². The van der Waals surface area contributed by atoms with E-state index in [1.807, 2.05) is 66.7 Å². The van der Waals surface area contributed by atoms with Crippen LogP contribution in [-0.2, 0) is 17.8 Å². The third kappa shape index (κ3) is 5.59. The number of carbonyl (C=O) groups is 1. The van der Waals surface area contributed by atoms with Crippen molar-refractivity contribution in [1.29, 1.82) is 0 Å². The minimum atomic E-state index is -0.176. The van der Waals surface area contributed by atoms with Crippen LogP contribution in [0.15, 0.2) is 83.5 Å². The van der Waals surface area contributed by atoms with Crippen LogP contribution in [0.5, 0.6) is 17.2 Å². The molecule has 0 aliphatic heterocycles. The van der Waals surface area contributed by atoms with Gasteiger partial charge in [0.25, 0.3) is 0 Å². The normalized spacial score (nSPS) is 11.0. The number of hydrogen-bond donors (Lipinski definition) is 1. The third-order valence-electron chi connectivity index (χ3n) is 5.42. The van der Waals surface area contributed by atoms with E-state index < -0.39 is 0 Å². The van der Waals surface area contributed by atoms with Crippen LogP contribution in [0.25, 0.3) is 17.0 Å². The zero-order valence-electron chi connectivity index (χ0n) is 19.2. The van der Waals surface area contributed by atoms with E-state index >= 15 is 0 Å². The lowest BCUT2D eigenvalue weighted by molar-refractivity contribution is -0.116. The molecule has 0 bridgehead atoms. The largest absolute Gasteiger partial charge is 0.496 e. The van der Waals surface area contributed by atoms with Crippen LogP contribution < -0.4 is 19.5 Å². The monoisotopic (exact) mass is 457 g/mol. The van der Waals surface area contributed by atoms with Gasteiger partial charge in [-0.3, -0.25) is 4.79 Å². The van der Waals surface area contributed by atoms with Crippen LogP contribution in [-0.4, -0.2) is 26.7 Å². The Kier molecular flexibility index (Phi) is 7.50. The predicted octanol–water partition coefficient (Wildman–Crippen LogP) is 5.40. The van der Waals surface area contributed by atoms with E-state index in [4.69, 9.17) is 18.6 Å². The second-order valence-electron chi connectivity index (χ2n) is 7.65. The fourth-order valence-electron chi connectivity index (χ4n) is 3.65. The van der Waals surface area contributed by atoms with Gasteiger partial charge in [0, 0.05) is 18.2 Å². The van der Waals surface area contributed by atoms with E-state index in [1.165, 1.54) is 6.08 Å². The fraction of sp³-hybridized carbons (Fsp3) is 0.179. The minimum Gasteiger partial charge on any atom is -0.496 e. The Balaban J connectivity index is 1.33. The number of rotatable bonds is 10. The topological polar surface area (TPSA) is 69.9 Å². The number of methoxy groups -OCH3 is 2. The molecule has 0 aliphatic carbocycles. The Labute approximate surface area is 198 Å². The first-order valence-electron chi connectivity index (χ1n) is 11.0. The quantitative estimate of drug-likeness (QED) is 0.323. The lowest BCUT2D eigenvalue weighted by Crippen LogP contribution is -2.23. The van der Waals surface area contributed by atoms with Gasteiger partial charge in [-0.1, -0.05) is 36.4 Å². The minimum absolute atomic E-state index is 0.176. The maximum Gasteiger partial charge on any atom is 0.244 e. The van der Waals surface area contributed by atoms with Crippen molar-refractivity contribution in [2.75, 3.05) is 20.8 Å². The summed E-state index contributed by atoms with van der Waals surface area (Å²) >= 11 is 0. The second kappa shape index (κ2) is 11.1. The van der Waals surface area contributed by atoms with Crippen molar-refractivity contribution in [2.45, 2.75) is 13.0 Å². The fourth-order valence-corrected chi connectivity index (χ4v) is 3.65. The molecule has 34 heavy (non-hydrogen) atoms. The Morgan fingerprint density at radius 2 is 1.71 bits per heavy atom. The molecule has 1 heterocycles. The molecule has 1 aromatic heterocycles. The molecular weight excluding hydrogens is 430 g/mol.